The fourth-order valence-corrected chi connectivity index (χ4v) is 3.10. The molecule has 1 unspecified atom stereocenters. The third-order valence-corrected chi connectivity index (χ3v) is 5.00. The highest BCUT2D eigenvalue weighted by Gasteiger charge is 2.20. The maximum Gasteiger partial charge on any atom is 0.330 e. The van der Waals surface area contributed by atoms with Gasteiger partial charge in [0.1, 0.15) is 0 Å². The van der Waals surface area contributed by atoms with Crippen LogP contribution in [0.15, 0.2) is 0 Å². The second-order valence-corrected chi connectivity index (χ2v) is 7.02. The van der Waals surface area contributed by atoms with E-state index >= 15 is 0 Å². The molecule has 1 atom stereocenters. The maximum absolute atomic E-state index is 11.9. The second-order valence-electron chi connectivity index (χ2n) is 4.65. The Labute approximate surface area is 113 Å². The van der Waals surface area contributed by atoms with E-state index in [0.717, 1.165) is 6.42 Å². The van der Waals surface area contributed by atoms with Crippen molar-refractivity contribution in [2.75, 3.05) is 19.4 Å². The Bertz CT molecular complexity index is 219. The van der Waals surface area contributed by atoms with Gasteiger partial charge in [-0.3, -0.25) is 4.57 Å². The van der Waals surface area contributed by atoms with Gasteiger partial charge in [0.2, 0.25) is 0 Å². The van der Waals surface area contributed by atoms with E-state index in [1.54, 1.807) is 0 Å². The van der Waals surface area contributed by atoms with Gasteiger partial charge in [-0.25, -0.2) is 0 Å². The smallest absolute Gasteiger partial charge is 0.309 e. The average Bonchev–Trinajstić information content (AvgIpc) is 2.37. The summed E-state index contributed by atoms with van der Waals surface area (Å²) in [6.07, 6.45) is 10.6. The van der Waals surface area contributed by atoms with Gasteiger partial charge in [0.15, 0.2) is 0 Å². The molecule has 0 N–H and O–H groups in total. The van der Waals surface area contributed by atoms with Crippen molar-refractivity contribution in [3.63, 3.8) is 0 Å². The SMILES string of the molecule is CCCCCCCCCCOP(=O)(CC)OCC. The molecule has 0 aromatic rings. The molecule has 0 fully saturated rings. The first-order chi connectivity index (χ1) is 8.68. The molecule has 110 valence electrons. The van der Waals surface area contributed by atoms with Crippen LogP contribution in [0, 0.1) is 0 Å². The van der Waals surface area contributed by atoms with E-state index in [9.17, 15) is 4.57 Å². The maximum atomic E-state index is 11.9. The molecule has 0 aliphatic rings. The summed E-state index contributed by atoms with van der Waals surface area (Å²) in [7, 11) is -2.77. The molecule has 3 nitrogen and oxygen atoms in total. The highest BCUT2D eigenvalue weighted by Crippen LogP contribution is 2.47. The van der Waals surface area contributed by atoms with Crippen LogP contribution in [-0.2, 0) is 13.6 Å². The zero-order valence-electron chi connectivity index (χ0n) is 12.5. The standard InChI is InChI=1S/C14H31O3P/c1-4-7-8-9-10-11-12-13-14-17-18(15,6-3)16-5-2/h4-14H2,1-3H3. The third kappa shape index (κ3) is 10.1. The Kier molecular flexibility index (Phi) is 12.3. The summed E-state index contributed by atoms with van der Waals surface area (Å²) in [6, 6.07) is 0. The third-order valence-electron chi connectivity index (χ3n) is 3.00. The topological polar surface area (TPSA) is 35.5 Å². The monoisotopic (exact) mass is 278 g/mol. The molecular weight excluding hydrogens is 247 g/mol. The molecule has 0 rings (SSSR count). The Hall–Kier alpha value is 0.150. The molecule has 0 aromatic carbocycles. The molecule has 0 saturated carbocycles. The number of hydrogen-bond donors (Lipinski definition) is 0. The zero-order valence-corrected chi connectivity index (χ0v) is 13.3. The van der Waals surface area contributed by atoms with Crippen molar-refractivity contribution in [2.24, 2.45) is 0 Å². The zero-order chi connectivity index (χ0) is 13.7. The van der Waals surface area contributed by atoms with Crippen LogP contribution in [-0.4, -0.2) is 19.4 Å². The van der Waals surface area contributed by atoms with Crippen molar-refractivity contribution in [3.05, 3.63) is 0 Å². The van der Waals surface area contributed by atoms with Gasteiger partial charge in [-0.2, -0.15) is 0 Å². The first-order valence-electron chi connectivity index (χ1n) is 7.56. The van der Waals surface area contributed by atoms with Gasteiger partial charge in [0.05, 0.1) is 13.2 Å². The predicted octanol–water partition coefficient (Wildman–Crippen LogP) is 5.39. The molecule has 0 aromatic heterocycles. The minimum Gasteiger partial charge on any atom is -0.309 e. The summed E-state index contributed by atoms with van der Waals surface area (Å²) < 4.78 is 22.5. The molecule has 0 spiro atoms. The Morgan fingerprint density at radius 1 is 0.778 bits per heavy atom. The lowest BCUT2D eigenvalue weighted by atomic mass is 10.1. The summed E-state index contributed by atoms with van der Waals surface area (Å²) in [5.74, 6) is 0. The molecule has 4 heteroatoms. The van der Waals surface area contributed by atoms with E-state index in [1.165, 1.54) is 44.9 Å². The summed E-state index contributed by atoms with van der Waals surface area (Å²) in [4.78, 5) is 0. The van der Waals surface area contributed by atoms with Gasteiger partial charge in [0.25, 0.3) is 0 Å². The van der Waals surface area contributed by atoms with Crippen molar-refractivity contribution in [3.8, 4) is 0 Å². The summed E-state index contributed by atoms with van der Waals surface area (Å²) in [5.41, 5.74) is 0. The van der Waals surface area contributed by atoms with Crippen LogP contribution >= 0.6 is 7.60 Å². The van der Waals surface area contributed by atoms with Gasteiger partial charge in [0, 0.05) is 6.16 Å². The molecule has 0 saturated heterocycles. The van der Waals surface area contributed by atoms with E-state index in [2.05, 4.69) is 6.92 Å². The van der Waals surface area contributed by atoms with Crippen LogP contribution in [0.5, 0.6) is 0 Å². The van der Waals surface area contributed by atoms with Crippen LogP contribution in [0.1, 0.15) is 72.1 Å². The molecule has 0 aliphatic heterocycles. The van der Waals surface area contributed by atoms with E-state index in [1.807, 2.05) is 13.8 Å². The quantitative estimate of drug-likeness (QED) is 0.334. The van der Waals surface area contributed by atoms with E-state index in [0.29, 0.717) is 19.4 Å². The minimum absolute atomic E-state index is 0.461. The highest BCUT2D eigenvalue weighted by atomic mass is 31.2. The fourth-order valence-electron chi connectivity index (χ4n) is 1.86. The number of rotatable bonds is 13. The van der Waals surface area contributed by atoms with Gasteiger partial charge in [-0.1, -0.05) is 58.8 Å². The van der Waals surface area contributed by atoms with Crippen molar-refractivity contribution in [1.29, 1.82) is 0 Å². The van der Waals surface area contributed by atoms with Crippen molar-refractivity contribution >= 4 is 7.60 Å². The van der Waals surface area contributed by atoms with Crippen molar-refractivity contribution < 1.29 is 13.6 Å². The van der Waals surface area contributed by atoms with Gasteiger partial charge < -0.3 is 9.05 Å². The second kappa shape index (κ2) is 12.2. The van der Waals surface area contributed by atoms with Crippen molar-refractivity contribution in [2.45, 2.75) is 72.1 Å². The summed E-state index contributed by atoms with van der Waals surface area (Å²) in [6.45, 7) is 6.97. The lowest BCUT2D eigenvalue weighted by molar-refractivity contribution is 0.209. The van der Waals surface area contributed by atoms with Gasteiger partial charge in [-0.15, -0.1) is 0 Å². The van der Waals surface area contributed by atoms with Crippen LogP contribution in [0.25, 0.3) is 0 Å². The van der Waals surface area contributed by atoms with Gasteiger partial charge >= 0.3 is 7.60 Å². The Morgan fingerprint density at radius 2 is 1.33 bits per heavy atom. The molecule has 0 bridgehead atoms. The first-order valence-corrected chi connectivity index (χ1v) is 9.29. The van der Waals surface area contributed by atoms with E-state index in [4.69, 9.17) is 9.05 Å². The highest BCUT2D eigenvalue weighted by molar-refractivity contribution is 7.53. The summed E-state index contributed by atoms with van der Waals surface area (Å²) >= 11 is 0. The van der Waals surface area contributed by atoms with Crippen LogP contribution in [0.3, 0.4) is 0 Å². The molecule has 0 heterocycles. The van der Waals surface area contributed by atoms with Crippen LogP contribution in [0.2, 0.25) is 0 Å². The Morgan fingerprint density at radius 3 is 1.83 bits per heavy atom. The van der Waals surface area contributed by atoms with E-state index < -0.39 is 7.60 Å². The number of unbranched alkanes of at least 4 members (excludes halogenated alkanes) is 7. The van der Waals surface area contributed by atoms with Gasteiger partial charge in [-0.05, 0) is 13.3 Å². The number of hydrogen-bond acceptors (Lipinski definition) is 3. The minimum atomic E-state index is -2.77. The molecule has 18 heavy (non-hydrogen) atoms. The van der Waals surface area contributed by atoms with E-state index in [-0.39, 0.29) is 0 Å². The molecule has 0 aliphatic carbocycles. The van der Waals surface area contributed by atoms with Crippen LogP contribution in [0.4, 0.5) is 0 Å². The summed E-state index contributed by atoms with van der Waals surface area (Å²) in [5, 5.41) is 0. The first kappa shape index (κ1) is 18.1. The molecule has 0 amide bonds. The Balaban J connectivity index is 3.36. The average molecular weight is 278 g/mol. The van der Waals surface area contributed by atoms with Crippen molar-refractivity contribution in [1.82, 2.24) is 0 Å². The molecular formula is C14H31O3P. The van der Waals surface area contributed by atoms with Crippen LogP contribution < -0.4 is 0 Å². The molecule has 0 radical (unpaired) electrons. The largest absolute Gasteiger partial charge is 0.330 e. The normalized spacial score (nSPS) is 14.6. The fraction of sp³-hybridized carbons (Fsp3) is 1.00. The predicted molar refractivity (Wildman–Crippen MR) is 78.3 cm³/mol. The lowest BCUT2D eigenvalue weighted by Gasteiger charge is -2.15. The lowest BCUT2D eigenvalue weighted by Crippen LogP contribution is -1.99.